The van der Waals surface area contributed by atoms with E-state index in [2.05, 4.69) is 25.4 Å². The van der Waals surface area contributed by atoms with E-state index in [9.17, 15) is 0 Å². The van der Waals surface area contributed by atoms with Gasteiger partial charge in [0, 0.05) is 52.4 Å². The minimum absolute atomic E-state index is 0.00889. The van der Waals surface area contributed by atoms with Crippen LogP contribution in [0.15, 0.2) is 29.3 Å². The second-order valence-corrected chi connectivity index (χ2v) is 6.90. The summed E-state index contributed by atoms with van der Waals surface area (Å²) >= 11 is 0. The molecule has 0 saturated carbocycles. The Kier molecular flexibility index (Phi) is 6.57. The molecule has 3 heterocycles. The number of piperazine rings is 3. The minimum atomic E-state index is -0.00889. The fourth-order valence-corrected chi connectivity index (χ4v) is 3.57. The van der Waals surface area contributed by atoms with E-state index in [0.717, 1.165) is 30.5 Å². The molecular formula is C19H31N5O2. The fraction of sp³-hybridized carbons (Fsp3) is 0.632. The van der Waals surface area contributed by atoms with Gasteiger partial charge in [-0.2, -0.15) is 0 Å². The van der Waals surface area contributed by atoms with E-state index in [1.165, 1.54) is 26.2 Å². The van der Waals surface area contributed by atoms with Crippen LogP contribution in [-0.4, -0.2) is 87.9 Å². The maximum Gasteiger partial charge on any atom is 0.191 e. The molecule has 0 aromatic heterocycles. The second kappa shape index (κ2) is 9.09. The zero-order valence-electron chi connectivity index (χ0n) is 16.1. The number of ether oxygens (including phenoxy) is 2. The Labute approximate surface area is 156 Å². The van der Waals surface area contributed by atoms with E-state index >= 15 is 0 Å². The van der Waals surface area contributed by atoms with Gasteiger partial charge >= 0.3 is 0 Å². The third-order valence-corrected chi connectivity index (χ3v) is 5.08. The molecule has 0 spiro atoms. The number of nitrogens with zero attached hydrogens (tertiary/aromatic N) is 3. The molecule has 3 aliphatic rings. The average Bonchev–Trinajstić information content (AvgIpc) is 2.69. The van der Waals surface area contributed by atoms with Crippen LogP contribution < -0.4 is 20.1 Å². The molecule has 26 heavy (non-hydrogen) atoms. The summed E-state index contributed by atoms with van der Waals surface area (Å²) in [5.74, 6) is 2.32. The van der Waals surface area contributed by atoms with Crippen molar-refractivity contribution >= 4 is 5.96 Å². The van der Waals surface area contributed by atoms with Crippen LogP contribution in [0.3, 0.4) is 0 Å². The third kappa shape index (κ3) is 4.80. The topological polar surface area (TPSA) is 61.4 Å². The number of benzene rings is 1. The van der Waals surface area contributed by atoms with E-state index < -0.39 is 0 Å². The van der Waals surface area contributed by atoms with Crippen molar-refractivity contribution in [2.45, 2.75) is 19.1 Å². The van der Waals surface area contributed by atoms with E-state index in [1.807, 2.05) is 31.2 Å². The molecule has 7 heteroatoms. The number of nitrogens with one attached hydrogen (secondary N) is 2. The van der Waals surface area contributed by atoms with E-state index in [-0.39, 0.29) is 6.10 Å². The highest BCUT2D eigenvalue weighted by atomic mass is 16.5. The smallest absolute Gasteiger partial charge is 0.191 e. The number of fused-ring (bicyclic) bond motifs is 3. The molecular weight excluding hydrogens is 330 g/mol. The number of rotatable bonds is 7. The van der Waals surface area contributed by atoms with Gasteiger partial charge < -0.3 is 20.1 Å². The Balaban J connectivity index is 1.42. The summed E-state index contributed by atoms with van der Waals surface area (Å²) in [6.45, 7) is 9.55. The molecule has 3 saturated heterocycles. The lowest BCUT2D eigenvalue weighted by atomic mass is 10.1. The first-order valence-electron chi connectivity index (χ1n) is 9.40. The van der Waals surface area contributed by atoms with Crippen molar-refractivity contribution in [3.05, 3.63) is 24.3 Å². The number of hydrogen-bond donors (Lipinski definition) is 2. The van der Waals surface area contributed by atoms with Crippen molar-refractivity contribution in [1.82, 2.24) is 20.4 Å². The van der Waals surface area contributed by atoms with E-state index in [0.29, 0.717) is 12.6 Å². The Hall–Kier alpha value is -1.99. The highest BCUT2D eigenvalue weighted by Gasteiger charge is 2.31. The Morgan fingerprint density at radius 3 is 2.54 bits per heavy atom. The van der Waals surface area contributed by atoms with Crippen LogP contribution in [0, 0.1) is 0 Å². The molecule has 144 valence electrons. The van der Waals surface area contributed by atoms with Crippen LogP contribution in [0.5, 0.6) is 11.5 Å². The Morgan fingerprint density at radius 2 is 1.92 bits per heavy atom. The molecule has 2 bridgehead atoms. The SMILES string of the molecule is CN=C(NCC(C)Oc1ccccc1OC)NCC1CN2CCN1CC2. The molecule has 1 aromatic rings. The van der Waals surface area contributed by atoms with Gasteiger partial charge in [-0.1, -0.05) is 12.1 Å². The molecule has 0 amide bonds. The Morgan fingerprint density at radius 1 is 1.19 bits per heavy atom. The molecule has 2 atom stereocenters. The van der Waals surface area contributed by atoms with Crippen LogP contribution in [-0.2, 0) is 0 Å². The van der Waals surface area contributed by atoms with E-state index in [4.69, 9.17) is 9.47 Å². The van der Waals surface area contributed by atoms with Gasteiger partial charge in [0.2, 0.25) is 0 Å². The third-order valence-electron chi connectivity index (χ3n) is 5.08. The monoisotopic (exact) mass is 361 g/mol. The van der Waals surface area contributed by atoms with Crippen LogP contribution in [0.25, 0.3) is 0 Å². The predicted molar refractivity (Wildman–Crippen MR) is 104 cm³/mol. The standard InChI is InChI=1S/C19H31N5O2/c1-15(26-18-7-5-4-6-17(18)25-3)12-21-19(20-2)22-13-16-14-23-8-10-24(16)11-9-23/h4-7,15-16H,8-14H2,1-3H3,(H2,20,21,22). The van der Waals surface area contributed by atoms with Crippen LogP contribution in [0.1, 0.15) is 6.92 Å². The van der Waals surface area contributed by atoms with Crippen molar-refractivity contribution in [2.24, 2.45) is 4.99 Å². The Bertz CT molecular complexity index is 601. The van der Waals surface area contributed by atoms with Crippen molar-refractivity contribution in [2.75, 3.05) is 60.0 Å². The molecule has 2 N–H and O–H groups in total. The number of aliphatic imine (C=N–C) groups is 1. The lowest BCUT2D eigenvalue weighted by Crippen LogP contribution is -2.64. The van der Waals surface area contributed by atoms with Gasteiger partial charge in [0.05, 0.1) is 13.7 Å². The molecule has 0 aliphatic carbocycles. The van der Waals surface area contributed by atoms with Gasteiger partial charge in [0.1, 0.15) is 6.10 Å². The van der Waals surface area contributed by atoms with Crippen molar-refractivity contribution in [1.29, 1.82) is 0 Å². The van der Waals surface area contributed by atoms with Gasteiger partial charge in [0.25, 0.3) is 0 Å². The highest BCUT2D eigenvalue weighted by molar-refractivity contribution is 5.79. The maximum atomic E-state index is 5.98. The van der Waals surface area contributed by atoms with Crippen molar-refractivity contribution in [3.8, 4) is 11.5 Å². The minimum Gasteiger partial charge on any atom is -0.493 e. The zero-order chi connectivity index (χ0) is 18.4. The zero-order valence-corrected chi connectivity index (χ0v) is 16.1. The van der Waals surface area contributed by atoms with Crippen LogP contribution in [0.2, 0.25) is 0 Å². The molecule has 1 aromatic carbocycles. The lowest BCUT2D eigenvalue weighted by Gasteiger charge is -2.47. The van der Waals surface area contributed by atoms with Crippen LogP contribution in [0.4, 0.5) is 0 Å². The summed E-state index contributed by atoms with van der Waals surface area (Å²) in [4.78, 5) is 9.45. The number of hydrogen-bond acceptors (Lipinski definition) is 5. The molecule has 2 unspecified atom stereocenters. The van der Waals surface area contributed by atoms with Gasteiger partial charge in [-0.3, -0.25) is 14.8 Å². The number of para-hydroxylation sites is 2. The van der Waals surface area contributed by atoms with Gasteiger partial charge in [-0.25, -0.2) is 0 Å². The summed E-state index contributed by atoms with van der Waals surface area (Å²) < 4.78 is 11.3. The summed E-state index contributed by atoms with van der Waals surface area (Å²) in [5.41, 5.74) is 0. The summed E-state index contributed by atoms with van der Waals surface area (Å²) in [6.07, 6.45) is -0.00889. The van der Waals surface area contributed by atoms with Gasteiger partial charge in [-0.15, -0.1) is 0 Å². The normalized spacial score (nSPS) is 26.3. The summed E-state index contributed by atoms with van der Waals surface area (Å²) in [6, 6.07) is 8.27. The molecule has 4 rings (SSSR count). The van der Waals surface area contributed by atoms with Crippen LogP contribution >= 0.6 is 0 Å². The first-order chi connectivity index (χ1) is 12.7. The quantitative estimate of drug-likeness (QED) is 0.549. The average molecular weight is 361 g/mol. The fourth-order valence-electron chi connectivity index (χ4n) is 3.57. The number of guanidine groups is 1. The largest absolute Gasteiger partial charge is 0.493 e. The van der Waals surface area contributed by atoms with Gasteiger partial charge in [0.15, 0.2) is 17.5 Å². The van der Waals surface area contributed by atoms with Crippen molar-refractivity contribution < 1.29 is 9.47 Å². The van der Waals surface area contributed by atoms with Crippen molar-refractivity contribution in [3.63, 3.8) is 0 Å². The lowest BCUT2D eigenvalue weighted by molar-refractivity contribution is 0.0154. The molecule has 3 aliphatic heterocycles. The first-order valence-corrected chi connectivity index (χ1v) is 9.40. The predicted octanol–water partition coefficient (Wildman–Crippen LogP) is 0.627. The van der Waals surface area contributed by atoms with E-state index in [1.54, 1.807) is 14.2 Å². The summed E-state index contributed by atoms with van der Waals surface area (Å²) in [7, 11) is 3.46. The number of methoxy groups -OCH3 is 1. The first kappa shape index (κ1) is 18.8. The second-order valence-electron chi connectivity index (χ2n) is 6.90. The summed E-state index contributed by atoms with van der Waals surface area (Å²) in [5, 5.41) is 6.81. The highest BCUT2D eigenvalue weighted by Crippen LogP contribution is 2.26. The molecule has 7 nitrogen and oxygen atoms in total. The molecule has 0 radical (unpaired) electrons. The molecule has 3 fully saturated rings. The van der Waals surface area contributed by atoms with Gasteiger partial charge in [-0.05, 0) is 19.1 Å². The maximum absolute atomic E-state index is 5.98.